The van der Waals surface area contributed by atoms with Gasteiger partial charge in [0.1, 0.15) is 0 Å². The van der Waals surface area contributed by atoms with E-state index in [2.05, 4.69) is 42.5 Å². The van der Waals surface area contributed by atoms with E-state index in [1.54, 1.807) is 0 Å². The van der Waals surface area contributed by atoms with Crippen LogP contribution in [0.25, 0.3) is 0 Å². The second-order valence-corrected chi connectivity index (χ2v) is 6.92. The molecule has 0 unspecified atom stereocenters. The Morgan fingerprint density at radius 1 is 0.842 bits per heavy atom. The average Bonchev–Trinajstić information content (AvgIpc) is 2.46. The van der Waals surface area contributed by atoms with Crippen LogP contribution >= 0.6 is 0 Å². The van der Waals surface area contributed by atoms with Crippen LogP contribution in [0.2, 0.25) is 0 Å². The summed E-state index contributed by atoms with van der Waals surface area (Å²) in [5, 5.41) is 0. The van der Waals surface area contributed by atoms with Gasteiger partial charge in [-0.05, 0) is 0 Å². The molecule has 0 aromatic heterocycles. The first-order valence-corrected chi connectivity index (χ1v) is 8.54. The molecule has 3 heteroatoms. The molecule has 0 spiro atoms. The Kier molecular flexibility index (Phi) is 6.17. The van der Waals surface area contributed by atoms with Crippen LogP contribution in [0.3, 0.4) is 0 Å². The van der Waals surface area contributed by atoms with Gasteiger partial charge in [-0.2, -0.15) is 0 Å². The molecule has 0 bridgehead atoms. The second kappa shape index (κ2) is 8.17. The fourth-order valence-corrected chi connectivity index (χ4v) is 3.77. The summed E-state index contributed by atoms with van der Waals surface area (Å²) in [4.78, 5) is 0. The van der Waals surface area contributed by atoms with Gasteiger partial charge in [0.25, 0.3) is 0 Å². The third kappa shape index (κ3) is 5.20. The Morgan fingerprint density at radius 3 is 2.21 bits per heavy atom. The molecule has 19 heavy (non-hydrogen) atoms. The molecule has 0 radical (unpaired) electrons. The summed E-state index contributed by atoms with van der Waals surface area (Å²) in [5.74, 6) is 0.917. The molecule has 0 heterocycles. The van der Waals surface area contributed by atoms with Crippen molar-refractivity contribution in [2.45, 2.75) is 6.92 Å². The SMILES string of the molecule is CCOCCOc1ccc([I-]c2ccccc2)cc1. The van der Waals surface area contributed by atoms with Crippen molar-refractivity contribution in [1.82, 2.24) is 0 Å². The van der Waals surface area contributed by atoms with E-state index in [9.17, 15) is 0 Å². The Morgan fingerprint density at radius 2 is 1.53 bits per heavy atom. The van der Waals surface area contributed by atoms with E-state index in [1.807, 2.05) is 19.1 Å². The molecule has 0 saturated carbocycles. The van der Waals surface area contributed by atoms with Gasteiger partial charge in [0, 0.05) is 0 Å². The minimum absolute atomic E-state index is 0.0839. The van der Waals surface area contributed by atoms with Crippen LogP contribution in [0.15, 0.2) is 54.6 Å². The molecule has 102 valence electrons. The molecule has 0 atom stereocenters. The fraction of sp³-hybridized carbons (Fsp3) is 0.250. The third-order valence-corrected chi connectivity index (χ3v) is 5.15. The predicted molar refractivity (Wildman–Crippen MR) is 72.3 cm³/mol. The Labute approximate surface area is 125 Å². The predicted octanol–water partition coefficient (Wildman–Crippen LogP) is 0.230. The van der Waals surface area contributed by atoms with Crippen LogP contribution < -0.4 is 25.9 Å². The number of benzene rings is 2. The molecule has 0 amide bonds. The molecule has 2 nitrogen and oxygen atoms in total. The first-order chi connectivity index (χ1) is 9.38. The van der Waals surface area contributed by atoms with Crippen molar-refractivity contribution in [2.75, 3.05) is 19.8 Å². The van der Waals surface area contributed by atoms with Gasteiger partial charge in [0.2, 0.25) is 0 Å². The molecule has 0 fully saturated rings. The summed E-state index contributed by atoms with van der Waals surface area (Å²) >= 11 is -0.0839. The molecule has 0 aliphatic rings. The number of halogens is 1. The zero-order valence-corrected chi connectivity index (χ0v) is 13.2. The third-order valence-electron chi connectivity index (χ3n) is 2.47. The minimum atomic E-state index is -0.0839. The van der Waals surface area contributed by atoms with E-state index < -0.39 is 0 Å². The summed E-state index contributed by atoms with van der Waals surface area (Å²) in [6, 6.07) is 19.1. The van der Waals surface area contributed by atoms with Crippen LogP contribution in [0.4, 0.5) is 0 Å². The zero-order chi connectivity index (χ0) is 13.3. The summed E-state index contributed by atoms with van der Waals surface area (Å²) in [6.07, 6.45) is 0. The van der Waals surface area contributed by atoms with E-state index in [4.69, 9.17) is 9.47 Å². The van der Waals surface area contributed by atoms with Crippen LogP contribution in [0, 0.1) is 7.14 Å². The van der Waals surface area contributed by atoms with Crippen molar-refractivity contribution in [3.05, 3.63) is 61.7 Å². The van der Waals surface area contributed by atoms with Crippen LogP contribution in [-0.4, -0.2) is 19.8 Å². The van der Waals surface area contributed by atoms with Gasteiger partial charge >= 0.3 is 125 Å². The van der Waals surface area contributed by atoms with E-state index >= 15 is 0 Å². The first kappa shape index (κ1) is 14.3. The first-order valence-electron chi connectivity index (χ1n) is 6.39. The quantitative estimate of drug-likeness (QED) is 0.514. The molecule has 0 aliphatic heterocycles. The molecule has 0 aliphatic carbocycles. The summed E-state index contributed by atoms with van der Waals surface area (Å²) in [5.41, 5.74) is 0. The van der Waals surface area contributed by atoms with E-state index in [0.717, 1.165) is 12.4 Å². The Bertz CT molecular complexity index is 468. The van der Waals surface area contributed by atoms with Crippen molar-refractivity contribution >= 4 is 0 Å². The number of hydrogen-bond donors (Lipinski definition) is 0. The van der Waals surface area contributed by atoms with Crippen LogP contribution in [0.5, 0.6) is 5.75 Å². The topological polar surface area (TPSA) is 18.5 Å². The summed E-state index contributed by atoms with van der Waals surface area (Å²) in [7, 11) is 0. The van der Waals surface area contributed by atoms with Gasteiger partial charge in [0.15, 0.2) is 0 Å². The normalized spacial score (nSPS) is 10.6. The average molecular weight is 369 g/mol. The van der Waals surface area contributed by atoms with Gasteiger partial charge in [-0.15, -0.1) is 0 Å². The summed E-state index contributed by atoms with van der Waals surface area (Å²) in [6.45, 7) is 3.99. The van der Waals surface area contributed by atoms with Gasteiger partial charge in [-0.25, -0.2) is 0 Å². The summed E-state index contributed by atoms with van der Waals surface area (Å²) < 4.78 is 13.7. The standard InChI is InChI=1S/C16H18IO2/c1-2-18-12-13-19-16-10-8-15(9-11-16)17-14-6-4-3-5-7-14/h3-11H,2,12-13H2,1H3/q-1. The number of ether oxygens (including phenoxy) is 2. The number of hydrogen-bond acceptors (Lipinski definition) is 2. The van der Waals surface area contributed by atoms with E-state index in [0.29, 0.717) is 13.2 Å². The van der Waals surface area contributed by atoms with Crippen molar-refractivity contribution in [3.8, 4) is 5.75 Å². The molecular formula is C16H18IO2-. The molecule has 0 saturated heterocycles. The Hall–Kier alpha value is -1.07. The maximum absolute atomic E-state index is 5.60. The monoisotopic (exact) mass is 369 g/mol. The van der Waals surface area contributed by atoms with Gasteiger partial charge in [0.05, 0.1) is 0 Å². The van der Waals surface area contributed by atoms with Crippen molar-refractivity contribution < 1.29 is 30.7 Å². The maximum atomic E-state index is 5.60. The molecular weight excluding hydrogens is 351 g/mol. The molecule has 2 aromatic rings. The van der Waals surface area contributed by atoms with Crippen LogP contribution in [-0.2, 0) is 4.74 Å². The van der Waals surface area contributed by atoms with Gasteiger partial charge in [-0.1, -0.05) is 0 Å². The Balaban J connectivity index is 1.84. The fourth-order valence-electron chi connectivity index (χ4n) is 1.56. The van der Waals surface area contributed by atoms with Crippen molar-refractivity contribution in [2.24, 2.45) is 0 Å². The van der Waals surface area contributed by atoms with Crippen molar-refractivity contribution in [3.63, 3.8) is 0 Å². The van der Waals surface area contributed by atoms with Gasteiger partial charge in [-0.3, -0.25) is 0 Å². The number of rotatable bonds is 7. The molecule has 0 N–H and O–H groups in total. The van der Waals surface area contributed by atoms with E-state index in [1.165, 1.54) is 7.14 Å². The van der Waals surface area contributed by atoms with Gasteiger partial charge < -0.3 is 0 Å². The van der Waals surface area contributed by atoms with E-state index in [-0.39, 0.29) is 21.2 Å². The van der Waals surface area contributed by atoms with Crippen LogP contribution in [0.1, 0.15) is 6.92 Å². The van der Waals surface area contributed by atoms with Crippen molar-refractivity contribution in [1.29, 1.82) is 0 Å². The zero-order valence-electron chi connectivity index (χ0n) is 11.0. The molecule has 2 rings (SSSR count). The second-order valence-electron chi connectivity index (χ2n) is 3.89. The molecule has 2 aromatic carbocycles.